The van der Waals surface area contributed by atoms with Crippen molar-refractivity contribution >= 4 is 13.0 Å². The topological polar surface area (TPSA) is 91.9 Å². The van der Waals surface area contributed by atoms with Crippen LogP contribution in [0.5, 0.6) is 0 Å². The monoisotopic (exact) mass is 262 g/mol. The van der Waals surface area contributed by atoms with Gasteiger partial charge in [0.2, 0.25) is 0 Å². The maximum absolute atomic E-state index is 12.2. The number of nitrogens with zero attached hydrogens (tertiary/aromatic N) is 2. The van der Waals surface area contributed by atoms with Gasteiger partial charge in [-0.05, 0) is 12.8 Å². The third-order valence-electron chi connectivity index (χ3n) is 1.97. The van der Waals surface area contributed by atoms with Gasteiger partial charge >= 0.3 is 7.60 Å². The Bertz CT molecular complexity index is 311. The fourth-order valence-corrected chi connectivity index (χ4v) is 2.25. The Morgan fingerprint density at radius 1 is 1.29 bits per heavy atom. The van der Waals surface area contributed by atoms with Gasteiger partial charge in [-0.2, -0.15) is 5.26 Å². The van der Waals surface area contributed by atoms with Crippen LogP contribution < -0.4 is 0 Å². The molecular weight excluding hydrogens is 243 g/mol. The molecule has 0 bridgehead atoms. The molecule has 7 heteroatoms. The summed E-state index contributed by atoms with van der Waals surface area (Å²) in [7, 11) is -3.75. The van der Waals surface area contributed by atoms with Crippen molar-refractivity contribution in [3.05, 3.63) is 0 Å². The first-order valence-corrected chi connectivity index (χ1v) is 7.20. The zero-order valence-corrected chi connectivity index (χ0v) is 11.2. The highest BCUT2D eigenvalue weighted by atomic mass is 31.2. The van der Waals surface area contributed by atoms with Crippen LogP contribution in [0.2, 0.25) is 0 Å². The zero-order valence-electron chi connectivity index (χ0n) is 10.3. The minimum absolute atomic E-state index is 0.209. The van der Waals surface area contributed by atoms with Crippen molar-refractivity contribution in [1.82, 2.24) is 0 Å². The lowest BCUT2D eigenvalue weighted by atomic mass is 10.4. The van der Waals surface area contributed by atoms with E-state index in [0.29, 0.717) is 12.8 Å². The molecule has 0 aromatic rings. The van der Waals surface area contributed by atoms with Crippen LogP contribution in [0.1, 0.15) is 39.5 Å². The summed E-state index contributed by atoms with van der Waals surface area (Å²) in [5.41, 5.74) is -0.593. The number of hydrogen-bond donors (Lipinski definition) is 1. The molecule has 0 atom stereocenters. The van der Waals surface area contributed by atoms with Crippen LogP contribution in [0.25, 0.3) is 0 Å². The number of nitriles is 1. The van der Waals surface area contributed by atoms with Crippen molar-refractivity contribution < 1.29 is 18.8 Å². The Hall–Kier alpha value is -0.890. The quantitative estimate of drug-likeness (QED) is 0.226. The van der Waals surface area contributed by atoms with E-state index < -0.39 is 13.0 Å². The molecule has 17 heavy (non-hydrogen) atoms. The van der Waals surface area contributed by atoms with E-state index in [-0.39, 0.29) is 13.2 Å². The second-order valence-corrected chi connectivity index (χ2v) is 5.34. The Morgan fingerprint density at radius 3 is 2.06 bits per heavy atom. The van der Waals surface area contributed by atoms with Gasteiger partial charge in [0.1, 0.15) is 6.07 Å². The van der Waals surface area contributed by atoms with E-state index in [4.69, 9.17) is 19.5 Å². The molecule has 0 radical (unpaired) electrons. The van der Waals surface area contributed by atoms with Gasteiger partial charge in [-0.1, -0.05) is 31.8 Å². The largest absolute Gasteiger partial charge is 0.410 e. The lowest BCUT2D eigenvalue weighted by Gasteiger charge is -2.15. The lowest BCUT2D eigenvalue weighted by Crippen LogP contribution is -2.07. The van der Waals surface area contributed by atoms with E-state index in [1.54, 1.807) is 0 Å². The van der Waals surface area contributed by atoms with E-state index in [2.05, 4.69) is 5.16 Å². The van der Waals surface area contributed by atoms with Crippen LogP contribution >= 0.6 is 7.60 Å². The van der Waals surface area contributed by atoms with Crippen molar-refractivity contribution in [3.63, 3.8) is 0 Å². The van der Waals surface area contributed by atoms with Crippen molar-refractivity contribution in [2.45, 2.75) is 39.5 Å². The van der Waals surface area contributed by atoms with Crippen LogP contribution in [0.4, 0.5) is 0 Å². The molecule has 0 heterocycles. The van der Waals surface area contributed by atoms with E-state index in [9.17, 15) is 4.57 Å². The molecule has 0 amide bonds. The normalized spacial score (nSPS) is 12.4. The first-order chi connectivity index (χ1) is 8.14. The highest BCUT2D eigenvalue weighted by Gasteiger charge is 2.33. The SMILES string of the molecule is CCCCOP(=O)(OCCCC)/C(C#N)=N/O. The molecular formula is C10H19N2O4P. The minimum atomic E-state index is -3.75. The van der Waals surface area contributed by atoms with E-state index in [1.807, 2.05) is 13.8 Å². The number of hydrogen-bond acceptors (Lipinski definition) is 6. The average molecular weight is 262 g/mol. The Kier molecular flexibility index (Phi) is 8.69. The van der Waals surface area contributed by atoms with Crippen molar-refractivity contribution in [2.24, 2.45) is 5.16 Å². The third-order valence-corrected chi connectivity index (χ3v) is 3.73. The van der Waals surface area contributed by atoms with Gasteiger partial charge in [0, 0.05) is 0 Å². The van der Waals surface area contributed by atoms with Gasteiger partial charge in [-0.25, -0.2) is 0 Å². The van der Waals surface area contributed by atoms with Crippen LogP contribution in [0.15, 0.2) is 5.16 Å². The lowest BCUT2D eigenvalue weighted by molar-refractivity contribution is 0.210. The molecule has 0 aliphatic rings. The molecule has 0 aromatic carbocycles. The standard InChI is InChI=1S/C10H19N2O4P/c1-3-5-7-15-17(14,10(9-11)12-13)16-8-6-4-2/h13H,3-8H2,1-2H3/b12-10+. The van der Waals surface area contributed by atoms with Gasteiger partial charge in [0.05, 0.1) is 13.2 Å². The Balaban J connectivity index is 4.58. The Morgan fingerprint density at radius 2 is 1.76 bits per heavy atom. The summed E-state index contributed by atoms with van der Waals surface area (Å²) >= 11 is 0. The summed E-state index contributed by atoms with van der Waals surface area (Å²) in [5, 5.41) is 20.0. The predicted molar refractivity (Wildman–Crippen MR) is 64.2 cm³/mol. The van der Waals surface area contributed by atoms with Crippen molar-refractivity contribution in [2.75, 3.05) is 13.2 Å². The minimum Gasteiger partial charge on any atom is -0.410 e. The van der Waals surface area contributed by atoms with Gasteiger partial charge in [-0.3, -0.25) is 4.57 Å². The number of rotatable bonds is 9. The van der Waals surface area contributed by atoms with Crippen LogP contribution in [-0.2, 0) is 13.6 Å². The smallest absolute Gasteiger partial charge is 0.393 e. The third kappa shape index (κ3) is 5.83. The zero-order chi connectivity index (χ0) is 13.1. The van der Waals surface area contributed by atoms with Crippen LogP contribution in [0.3, 0.4) is 0 Å². The van der Waals surface area contributed by atoms with E-state index in [0.717, 1.165) is 12.8 Å². The summed E-state index contributed by atoms with van der Waals surface area (Å²) in [6.07, 6.45) is 3.14. The fraction of sp³-hybridized carbons (Fsp3) is 0.800. The highest BCUT2D eigenvalue weighted by molar-refractivity contribution is 7.73. The molecule has 0 saturated heterocycles. The molecule has 1 N–H and O–H groups in total. The highest BCUT2D eigenvalue weighted by Crippen LogP contribution is 2.49. The van der Waals surface area contributed by atoms with Gasteiger partial charge in [-0.15, -0.1) is 0 Å². The molecule has 0 aliphatic carbocycles. The molecule has 0 aromatic heterocycles. The first kappa shape index (κ1) is 16.1. The molecule has 0 unspecified atom stereocenters. The summed E-state index contributed by atoms with van der Waals surface area (Å²) in [4.78, 5) is 0. The molecule has 98 valence electrons. The second kappa shape index (κ2) is 9.17. The maximum Gasteiger partial charge on any atom is 0.393 e. The predicted octanol–water partition coefficient (Wildman–Crippen LogP) is 3.12. The maximum atomic E-state index is 12.2. The molecule has 0 spiro atoms. The second-order valence-electron chi connectivity index (χ2n) is 3.41. The molecule has 0 fully saturated rings. The van der Waals surface area contributed by atoms with Gasteiger partial charge in [0.15, 0.2) is 0 Å². The van der Waals surface area contributed by atoms with Gasteiger partial charge in [0.25, 0.3) is 5.45 Å². The summed E-state index contributed by atoms with van der Waals surface area (Å²) < 4.78 is 22.3. The first-order valence-electron chi connectivity index (χ1n) is 5.66. The van der Waals surface area contributed by atoms with Crippen molar-refractivity contribution in [3.8, 4) is 6.07 Å². The molecule has 0 saturated carbocycles. The fourth-order valence-electron chi connectivity index (χ4n) is 0.956. The van der Waals surface area contributed by atoms with Crippen LogP contribution in [-0.4, -0.2) is 23.9 Å². The number of oxime groups is 1. The van der Waals surface area contributed by atoms with E-state index >= 15 is 0 Å². The molecule has 0 aliphatic heterocycles. The average Bonchev–Trinajstić information content (AvgIpc) is 2.31. The van der Waals surface area contributed by atoms with Crippen LogP contribution in [0, 0.1) is 11.3 Å². The summed E-state index contributed by atoms with van der Waals surface area (Å²) in [6, 6.07) is 1.53. The summed E-state index contributed by atoms with van der Waals surface area (Å²) in [6.45, 7) is 4.33. The molecule has 6 nitrogen and oxygen atoms in total. The van der Waals surface area contributed by atoms with E-state index in [1.165, 1.54) is 6.07 Å². The molecule has 0 rings (SSSR count). The number of unbranched alkanes of at least 4 members (excludes halogenated alkanes) is 2. The van der Waals surface area contributed by atoms with Gasteiger partial charge < -0.3 is 14.3 Å². The van der Waals surface area contributed by atoms with Crippen molar-refractivity contribution in [1.29, 1.82) is 5.26 Å². The summed E-state index contributed by atoms with van der Waals surface area (Å²) in [5.74, 6) is 0. The Labute approximate surface area is 102 Å².